The van der Waals surface area contributed by atoms with E-state index >= 15 is 0 Å². The fourth-order valence-electron chi connectivity index (χ4n) is 3.00. The lowest BCUT2D eigenvalue weighted by atomic mass is 10.2. The molecule has 0 N–H and O–H groups in total. The first-order valence-corrected chi connectivity index (χ1v) is 9.43. The number of aromatic nitrogens is 1. The summed E-state index contributed by atoms with van der Waals surface area (Å²) in [6, 6.07) is 15.1. The molecule has 0 aliphatic carbocycles. The lowest BCUT2D eigenvalue weighted by molar-refractivity contribution is 0.652. The molecule has 1 aromatic heterocycles. The maximum atomic E-state index is 4.79. The highest BCUT2D eigenvalue weighted by molar-refractivity contribution is 9.10. The molecule has 0 spiro atoms. The molecule has 4 rings (SSSR count). The van der Waals surface area contributed by atoms with Crippen LogP contribution in [0.3, 0.4) is 0 Å². The van der Waals surface area contributed by atoms with Crippen molar-refractivity contribution >= 4 is 48.3 Å². The Labute approximate surface area is 148 Å². The van der Waals surface area contributed by atoms with Gasteiger partial charge in [-0.15, -0.1) is 0 Å². The minimum atomic E-state index is 1.02. The van der Waals surface area contributed by atoms with E-state index in [4.69, 9.17) is 4.98 Å². The fourth-order valence-corrected chi connectivity index (χ4v) is 4.57. The largest absolute Gasteiger partial charge is 0.368 e. The topological polar surface area (TPSA) is 19.4 Å². The molecular weight excluding hydrogens is 370 g/mol. The number of benzene rings is 2. The number of piperazine rings is 1. The molecule has 2 heterocycles. The molecule has 1 aliphatic heterocycles. The fraction of sp³-hybridized carbons (Fsp3) is 0.278. The number of fused-ring (bicyclic) bond motifs is 1. The highest BCUT2D eigenvalue weighted by atomic mass is 79.9. The molecule has 1 saturated heterocycles. The number of anilines is 2. The van der Waals surface area contributed by atoms with E-state index in [1.807, 2.05) is 0 Å². The van der Waals surface area contributed by atoms with Crippen LogP contribution in [0, 0.1) is 6.92 Å². The number of aryl methyl sites for hydroxylation is 1. The van der Waals surface area contributed by atoms with Crippen LogP contribution in [0.25, 0.3) is 10.2 Å². The van der Waals surface area contributed by atoms with Crippen LogP contribution in [0.15, 0.2) is 46.9 Å². The number of hydrogen-bond donors (Lipinski definition) is 0. The molecule has 0 atom stereocenters. The third kappa shape index (κ3) is 3.08. The van der Waals surface area contributed by atoms with Gasteiger partial charge in [0.05, 0.1) is 10.2 Å². The van der Waals surface area contributed by atoms with E-state index in [1.165, 1.54) is 16.0 Å². The SMILES string of the molecule is Cc1cccc(N2CCN(c3nc4ccc(Br)cc4s3)CC2)c1. The third-order valence-corrected chi connectivity index (χ3v) is 5.83. The summed E-state index contributed by atoms with van der Waals surface area (Å²) in [5, 5.41) is 1.14. The molecule has 118 valence electrons. The van der Waals surface area contributed by atoms with Gasteiger partial charge in [-0.3, -0.25) is 0 Å². The van der Waals surface area contributed by atoms with Crippen LogP contribution in [0.5, 0.6) is 0 Å². The molecule has 0 radical (unpaired) electrons. The van der Waals surface area contributed by atoms with Gasteiger partial charge in [0.25, 0.3) is 0 Å². The maximum absolute atomic E-state index is 4.79. The van der Waals surface area contributed by atoms with Crippen LogP contribution in [-0.4, -0.2) is 31.2 Å². The monoisotopic (exact) mass is 387 g/mol. The molecule has 0 saturated carbocycles. The Morgan fingerprint density at radius 2 is 1.78 bits per heavy atom. The van der Waals surface area contributed by atoms with E-state index in [9.17, 15) is 0 Å². The second-order valence-corrected chi connectivity index (χ2v) is 7.85. The van der Waals surface area contributed by atoms with Gasteiger partial charge < -0.3 is 9.80 Å². The zero-order valence-electron chi connectivity index (χ0n) is 13.0. The van der Waals surface area contributed by atoms with E-state index in [0.29, 0.717) is 0 Å². The summed E-state index contributed by atoms with van der Waals surface area (Å²) in [6.07, 6.45) is 0. The van der Waals surface area contributed by atoms with Gasteiger partial charge in [0.15, 0.2) is 5.13 Å². The second-order valence-electron chi connectivity index (χ2n) is 5.92. The van der Waals surface area contributed by atoms with Crippen LogP contribution in [0.1, 0.15) is 5.56 Å². The quantitative estimate of drug-likeness (QED) is 0.635. The predicted molar refractivity (Wildman–Crippen MR) is 103 cm³/mol. The highest BCUT2D eigenvalue weighted by Gasteiger charge is 2.20. The van der Waals surface area contributed by atoms with Crippen molar-refractivity contribution in [3.63, 3.8) is 0 Å². The van der Waals surface area contributed by atoms with Gasteiger partial charge in [0.2, 0.25) is 0 Å². The Hall–Kier alpha value is -1.59. The van der Waals surface area contributed by atoms with Crippen molar-refractivity contribution in [3.05, 3.63) is 52.5 Å². The Kier molecular flexibility index (Phi) is 3.99. The molecule has 23 heavy (non-hydrogen) atoms. The molecule has 1 aliphatic rings. The number of nitrogens with zero attached hydrogens (tertiary/aromatic N) is 3. The number of rotatable bonds is 2. The summed E-state index contributed by atoms with van der Waals surface area (Å²) in [5.74, 6) is 0. The lowest BCUT2D eigenvalue weighted by Crippen LogP contribution is -2.46. The highest BCUT2D eigenvalue weighted by Crippen LogP contribution is 2.31. The van der Waals surface area contributed by atoms with Crippen LogP contribution in [0.2, 0.25) is 0 Å². The van der Waals surface area contributed by atoms with Crippen LogP contribution >= 0.6 is 27.3 Å². The van der Waals surface area contributed by atoms with Crippen LogP contribution in [0.4, 0.5) is 10.8 Å². The molecule has 0 amide bonds. The van der Waals surface area contributed by atoms with Crippen molar-refractivity contribution in [2.24, 2.45) is 0 Å². The van der Waals surface area contributed by atoms with Gasteiger partial charge in [-0.2, -0.15) is 0 Å². The first kappa shape index (κ1) is 15.0. The van der Waals surface area contributed by atoms with E-state index < -0.39 is 0 Å². The summed E-state index contributed by atoms with van der Waals surface area (Å²) in [6.45, 7) is 6.29. The van der Waals surface area contributed by atoms with E-state index in [2.05, 4.69) is 75.1 Å². The summed E-state index contributed by atoms with van der Waals surface area (Å²) < 4.78 is 2.36. The smallest absolute Gasteiger partial charge is 0.186 e. The molecule has 2 aromatic carbocycles. The molecule has 3 nitrogen and oxygen atoms in total. The molecule has 3 aromatic rings. The summed E-state index contributed by atoms with van der Waals surface area (Å²) in [4.78, 5) is 9.67. The van der Waals surface area contributed by atoms with Crippen molar-refractivity contribution in [1.29, 1.82) is 0 Å². The average Bonchev–Trinajstić information content (AvgIpc) is 2.98. The number of thiazole rings is 1. The Balaban J connectivity index is 1.50. The lowest BCUT2D eigenvalue weighted by Gasteiger charge is -2.36. The first-order valence-electron chi connectivity index (χ1n) is 7.82. The predicted octanol–water partition coefficient (Wildman–Crippen LogP) is 4.69. The van der Waals surface area contributed by atoms with Crippen LogP contribution in [-0.2, 0) is 0 Å². The van der Waals surface area contributed by atoms with Gasteiger partial charge in [-0.05, 0) is 42.8 Å². The minimum absolute atomic E-state index is 1.02. The van der Waals surface area contributed by atoms with Crippen molar-refractivity contribution in [2.45, 2.75) is 6.92 Å². The van der Waals surface area contributed by atoms with Gasteiger partial charge >= 0.3 is 0 Å². The van der Waals surface area contributed by atoms with Gasteiger partial charge in [-0.25, -0.2) is 4.98 Å². The molecule has 1 fully saturated rings. The minimum Gasteiger partial charge on any atom is -0.368 e. The molecule has 0 unspecified atom stereocenters. The average molecular weight is 388 g/mol. The van der Waals surface area contributed by atoms with Gasteiger partial charge in [-0.1, -0.05) is 39.4 Å². The maximum Gasteiger partial charge on any atom is 0.186 e. The Morgan fingerprint density at radius 1 is 1.00 bits per heavy atom. The van der Waals surface area contributed by atoms with Crippen molar-refractivity contribution < 1.29 is 0 Å². The van der Waals surface area contributed by atoms with Gasteiger partial charge in [0.1, 0.15) is 0 Å². The molecular formula is C18H18BrN3S. The zero-order chi connectivity index (χ0) is 15.8. The van der Waals surface area contributed by atoms with E-state index in [-0.39, 0.29) is 0 Å². The summed E-state index contributed by atoms with van der Waals surface area (Å²) in [5.41, 5.74) is 3.74. The Morgan fingerprint density at radius 3 is 2.57 bits per heavy atom. The van der Waals surface area contributed by atoms with Crippen LogP contribution < -0.4 is 9.80 Å². The van der Waals surface area contributed by atoms with Crippen molar-refractivity contribution in [1.82, 2.24) is 4.98 Å². The van der Waals surface area contributed by atoms with E-state index in [0.717, 1.165) is 41.3 Å². The molecule has 0 bridgehead atoms. The second kappa shape index (κ2) is 6.13. The van der Waals surface area contributed by atoms with Gasteiger partial charge in [0, 0.05) is 36.3 Å². The Bertz CT molecular complexity index is 837. The first-order chi connectivity index (χ1) is 11.2. The standard InChI is InChI=1S/C18H18BrN3S/c1-13-3-2-4-15(11-13)21-7-9-22(10-8-21)18-20-16-6-5-14(19)12-17(16)23-18/h2-6,11-12H,7-10H2,1H3. The van der Waals surface area contributed by atoms with E-state index in [1.54, 1.807) is 11.3 Å². The third-order valence-electron chi connectivity index (χ3n) is 4.26. The summed E-state index contributed by atoms with van der Waals surface area (Å²) >= 11 is 5.32. The van der Waals surface area contributed by atoms with Crippen molar-refractivity contribution in [3.8, 4) is 0 Å². The number of hydrogen-bond acceptors (Lipinski definition) is 4. The van der Waals surface area contributed by atoms with Crippen molar-refractivity contribution in [2.75, 3.05) is 36.0 Å². The zero-order valence-corrected chi connectivity index (χ0v) is 15.4. The summed E-state index contributed by atoms with van der Waals surface area (Å²) in [7, 11) is 0. The number of halogens is 1. The normalized spacial score (nSPS) is 15.4. The molecule has 5 heteroatoms.